The molecule has 0 fully saturated rings. The maximum atomic E-state index is 13.4. The predicted molar refractivity (Wildman–Crippen MR) is 77.1 cm³/mol. The minimum atomic E-state index is -0.760. The van der Waals surface area contributed by atoms with Gasteiger partial charge >= 0.3 is 0 Å². The van der Waals surface area contributed by atoms with Crippen LogP contribution in [0.4, 0.5) is 4.39 Å². The largest absolute Gasteiger partial charge is 0.496 e. The van der Waals surface area contributed by atoms with E-state index in [1.165, 1.54) is 25.3 Å². The zero-order chi connectivity index (χ0) is 15.6. The van der Waals surface area contributed by atoms with E-state index >= 15 is 0 Å². The summed E-state index contributed by atoms with van der Waals surface area (Å²) in [6.07, 6.45) is -0.760. The summed E-state index contributed by atoms with van der Waals surface area (Å²) in [7, 11) is 1.46. The van der Waals surface area contributed by atoms with Crippen molar-refractivity contribution in [3.63, 3.8) is 0 Å². The van der Waals surface area contributed by atoms with Gasteiger partial charge in [-0.25, -0.2) is 9.38 Å². The summed E-state index contributed by atoms with van der Waals surface area (Å²) >= 11 is 0. The fraction of sp³-hybridized carbons (Fsp3) is 0.231. The molecule has 0 bridgehead atoms. The van der Waals surface area contributed by atoms with Gasteiger partial charge in [0.2, 0.25) is 0 Å². The molecule has 0 saturated heterocycles. The van der Waals surface area contributed by atoms with E-state index in [1.54, 1.807) is 6.92 Å². The number of amides is 1. The molecule has 0 aromatic heterocycles. The molecule has 7 nitrogen and oxygen atoms in total. The third kappa shape index (κ3) is 3.04. The van der Waals surface area contributed by atoms with Crippen LogP contribution in [-0.4, -0.2) is 30.4 Å². The van der Waals surface area contributed by atoms with Crippen molar-refractivity contribution in [3.05, 3.63) is 29.6 Å². The van der Waals surface area contributed by atoms with Crippen molar-refractivity contribution in [1.29, 1.82) is 0 Å². The topological polar surface area (TPSA) is 115 Å². The number of hydrogen-bond acceptors (Lipinski definition) is 4. The molecule has 1 aromatic carbocycles. The number of rotatable bonds is 3. The highest BCUT2D eigenvalue weighted by Crippen LogP contribution is 2.32. The van der Waals surface area contributed by atoms with Crippen LogP contribution in [0.1, 0.15) is 18.7 Å². The second-order valence-electron chi connectivity index (χ2n) is 4.29. The van der Waals surface area contributed by atoms with Crippen molar-refractivity contribution in [3.8, 4) is 5.75 Å². The second-order valence-corrected chi connectivity index (χ2v) is 4.29. The molecule has 110 valence electrons. The van der Waals surface area contributed by atoms with E-state index in [0.717, 1.165) is 0 Å². The zero-order valence-corrected chi connectivity index (χ0v) is 11.5. The van der Waals surface area contributed by atoms with Gasteiger partial charge in [-0.3, -0.25) is 9.79 Å². The number of aliphatic imine (C=N–C) groups is 3. The van der Waals surface area contributed by atoms with Gasteiger partial charge in [0.25, 0.3) is 5.91 Å². The van der Waals surface area contributed by atoms with Crippen molar-refractivity contribution in [2.24, 2.45) is 26.4 Å². The number of nitrogens with zero attached hydrogens (tertiary/aromatic N) is 3. The summed E-state index contributed by atoms with van der Waals surface area (Å²) in [4.78, 5) is 23.6. The Morgan fingerprint density at radius 2 is 2.10 bits per heavy atom. The lowest BCUT2D eigenvalue weighted by molar-refractivity contribution is -0.111. The van der Waals surface area contributed by atoms with E-state index in [4.69, 9.17) is 16.2 Å². The number of methoxy groups -OCH3 is 1. The molecule has 0 aliphatic carbocycles. The highest BCUT2D eigenvalue weighted by Gasteiger charge is 2.26. The minimum Gasteiger partial charge on any atom is -0.496 e. The Labute approximate surface area is 120 Å². The Kier molecular flexibility index (Phi) is 3.97. The van der Waals surface area contributed by atoms with Crippen molar-refractivity contribution < 1.29 is 13.9 Å². The van der Waals surface area contributed by atoms with Crippen LogP contribution in [0, 0.1) is 5.82 Å². The maximum absolute atomic E-state index is 13.4. The van der Waals surface area contributed by atoms with Gasteiger partial charge < -0.3 is 16.2 Å². The fourth-order valence-electron chi connectivity index (χ4n) is 1.92. The smallest absolute Gasteiger partial charge is 0.300 e. The maximum Gasteiger partial charge on any atom is 0.300 e. The van der Waals surface area contributed by atoms with E-state index in [-0.39, 0.29) is 11.7 Å². The van der Waals surface area contributed by atoms with Crippen LogP contribution in [-0.2, 0) is 4.79 Å². The number of benzene rings is 1. The summed E-state index contributed by atoms with van der Waals surface area (Å²) in [6, 6.07) is 4.00. The molecule has 21 heavy (non-hydrogen) atoms. The van der Waals surface area contributed by atoms with E-state index in [2.05, 4.69) is 15.0 Å². The van der Waals surface area contributed by atoms with E-state index in [0.29, 0.717) is 17.0 Å². The van der Waals surface area contributed by atoms with Crippen LogP contribution in [0.2, 0.25) is 0 Å². The SMILES string of the molecule is COc1ccc(F)cc1C1N=C(C)C(C(=O)N=C(N)N)=N1. The summed E-state index contributed by atoms with van der Waals surface area (Å²) in [5.74, 6) is -1.06. The average molecular weight is 291 g/mol. The molecule has 1 heterocycles. The third-order valence-electron chi connectivity index (χ3n) is 2.81. The Morgan fingerprint density at radius 1 is 1.38 bits per heavy atom. The molecule has 0 spiro atoms. The predicted octanol–water partition coefficient (Wildman–Crippen LogP) is 0.548. The van der Waals surface area contributed by atoms with Crippen LogP contribution in [0.3, 0.4) is 0 Å². The number of guanidine groups is 1. The molecule has 1 aliphatic heterocycles. The van der Waals surface area contributed by atoms with Gasteiger partial charge in [-0.1, -0.05) is 0 Å². The van der Waals surface area contributed by atoms with Gasteiger partial charge in [0.1, 0.15) is 17.3 Å². The number of hydrogen-bond donors (Lipinski definition) is 2. The van der Waals surface area contributed by atoms with Crippen LogP contribution >= 0.6 is 0 Å². The first-order chi connectivity index (χ1) is 9.92. The number of carbonyl (C=O) groups is 1. The second kappa shape index (κ2) is 5.70. The van der Waals surface area contributed by atoms with E-state index in [1.807, 2.05) is 0 Å². The van der Waals surface area contributed by atoms with Crippen LogP contribution in [0.25, 0.3) is 0 Å². The molecule has 4 N–H and O–H groups in total. The molecule has 1 atom stereocenters. The first kappa shape index (κ1) is 14.6. The van der Waals surface area contributed by atoms with Crippen molar-refractivity contribution in [2.75, 3.05) is 7.11 Å². The minimum absolute atomic E-state index is 0.0414. The monoisotopic (exact) mass is 291 g/mol. The molecule has 8 heteroatoms. The van der Waals surface area contributed by atoms with Gasteiger partial charge in [0, 0.05) is 5.56 Å². The molecule has 1 amide bonds. The fourth-order valence-corrected chi connectivity index (χ4v) is 1.92. The molecule has 2 rings (SSSR count). The van der Waals surface area contributed by atoms with Gasteiger partial charge in [0.15, 0.2) is 12.1 Å². The Balaban J connectivity index is 2.40. The number of ether oxygens (including phenoxy) is 1. The van der Waals surface area contributed by atoms with Crippen LogP contribution in [0.15, 0.2) is 33.2 Å². The number of carbonyl (C=O) groups excluding carboxylic acids is 1. The van der Waals surface area contributed by atoms with Crippen LogP contribution in [0.5, 0.6) is 5.75 Å². The number of halogens is 1. The van der Waals surface area contributed by atoms with Crippen molar-refractivity contribution in [2.45, 2.75) is 13.1 Å². The average Bonchev–Trinajstić information content (AvgIpc) is 2.80. The van der Waals surface area contributed by atoms with Gasteiger partial charge in [-0.15, -0.1) is 0 Å². The number of nitrogens with two attached hydrogens (primary N) is 2. The summed E-state index contributed by atoms with van der Waals surface area (Å²) in [6.45, 7) is 1.60. The first-order valence-electron chi connectivity index (χ1n) is 6.02. The van der Waals surface area contributed by atoms with E-state index in [9.17, 15) is 9.18 Å². The Morgan fingerprint density at radius 3 is 2.71 bits per heavy atom. The van der Waals surface area contributed by atoms with E-state index < -0.39 is 17.9 Å². The molecule has 1 aromatic rings. The molecule has 1 unspecified atom stereocenters. The normalized spacial score (nSPS) is 17.0. The van der Waals surface area contributed by atoms with Crippen molar-refractivity contribution in [1.82, 2.24) is 0 Å². The zero-order valence-electron chi connectivity index (χ0n) is 11.5. The molecule has 0 saturated carbocycles. The third-order valence-corrected chi connectivity index (χ3v) is 2.81. The lowest BCUT2D eigenvalue weighted by Crippen LogP contribution is -2.27. The quantitative estimate of drug-likeness (QED) is 0.624. The van der Waals surface area contributed by atoms with Gasteiger partial charge in [-0.2, -0.15) is 4.99 Å². The molecule has 1 aliphatic rings. The Hall–Kier alpha value is -2.77. The Bertz CT molecular complexity index is 677. The highest BCUT2D eigenvalue weighted by molar-refractivity contribution is 6.67. The summed E-state index contributed by atoms with van der Waals surface area (Å²) < 4.78 is 18.5. The standard InChI is InChI=1S/C13H14FN5O2/c1-6-10(12(20)19-13(15)16)18-11(17-6)8-5-7(14)3-4-9(8)21-2/h3-5,11H,1-2H3,(H4,15,16,19,20). The lowest BCUT2D eigenvalue weighted by atomic mass is 10.1. The summed E-state index contributed by atoms with van der Waals surface area (Å²) in [5.41, 5.74) is 11.2. The lowest BCUT2D eigenvalue weighted by Gasteiger charge is -2.10. The van der Waals surface area contributed by atoms with Crippen molar-refractivity contribution >= 4 is 23.3 Å². The molecular weight excluding hydrogens is 277 g/mol. The first-order valence-corrected chi connectivity index (χ1v) is 6.02. The van der Waals surface area contributed by atoms with Gasteiger partial charge in [0.05, 0.1) is 12.8 Å². The summed E-state index contributed by atoms with van der Waals surface area (Å²) in [5, 5.41) is 0. The molecule has 0 radical (unpaired) electrons. The van der Waals surface area contributed by atoms with Gasteiger partial charge in [-0.05, 0) is 25.1 Å². The molecular formula is C13H14FN5O2. The van der Waals surface area contributed by atoms with Crippen LogP contribution < -0.4 is 16.2 Å². The highest BCUT2D eigenvalue weighted by atomic mass is 19.1.